The van der Waals surface area contributed by atoms with Crippen molar-refractivity contribution in [2.75, 3.05) is 32.9 Å². The number of pyridine rings is 1. The molecule has 110 valence electrons. The van der Waals surface area contributed by atoms with Gasteiger partial charge >= 0.3 is 5.97 Å². The summed E-state index contributed by atoms with van der Waals surface area (Å²) >= 11 is 0. The SMILES string of the molecule is CCOC(=O)CC(c1ccc(C)nc1)N1CCOCC1. The Labute approximate surface area is 119 Å². The van der Waals surface area contributed by atoms with Crippen LogP contribution in [0.25, 0.3) is 0 Å². The first-order valence-corrected chi connectivity index (χ1v) is 7.10. The Morgan fingerprint density at radius 1 is 1.45 bits per heavy atom. The van der Waals surface area contributed by atoms with E-state index < -0.39 is 0 Å². The number of aryl methyl sites for hydroxylation is 1. The predicted molar refractivity (Wildman–Crippen MR) is 75.4 cm³/mol. The highest BCUT2D eigenvalue weighted by Crippen LogP contribution is 2.25. The Hall–Kier alpha value is -1.46. The van der Waals surface area contributed by atoms with Gasteiger partial charge in [0.25, 0.3) is 0 Å². The molecule has 0 aliphatic carbocycles. The van der Waals surface area contributed by atoms with Gasteiger partial charge in [-0.3, -0.25) is 14.7 Å². The maximum Gasteiger partial charge on any atom is 0.307 e. The van der Waals surface area contributed by atoms with E-state index in [2.05, 4.69) is 9.88 Å². The van der Waals surface area contributed by atoms with Crippen LogP contribution in [-0.4, -0.2) is 48.8 Å². The number of esters is 1. The lowest BCUT2D eigenvalue weighted by Gasteiger charge is -2.34. The van der Waals surface area contributed by atoms with E-state index in [9.17, 15) is 4.79 Å². The Balaban J connectivity index is 2.13. The van der Waals surface area contributed by atoms with Gasteiger partial charge in [0.05, 0.1) is 26.2 Å². The van der Waals surface area contributed by atoms with Gasteiger partial charge < -0.3 is 9.47 Å². The molecule has 0 amide bonds. The van der Waals surface area contributed by atoms with Crippen LogP contribution in [0, 0.1) is 6.92 Å². The summed E-state index contributed by atoms with van der Waals surface area (Å²) in [6.07, 6.45) is 2.22. The first-order chi connectivity index (χ1) is 9.70. The second-order valence-electron chi connectivity index (χ2n) is 4.91. The summed E-state index contributed by atoms with van der Waals surface area (Å²) in [5.74, 6) is -0.162. The average Bonchev–Trinajstić information content (AvgIpc) is 2.47. The zero-order chi connectivity index (χ0) is 14.4. The molecule has 5 heteroatoms. The minimum absolute atomic E-state index is 0.0195. The molecule has 0 saturated carbocycles. The van der Waals surface area contributed by atoms with Gasteiger partial charge in [0.1, 0.15) is 0 Å². The van der Waals surface area contributed by atoms with Gasteiger partial charge in [0, 0.05) is 31.0 Å². The predicted octanol–water partition coefficient (Wildman–Crippen LogP) is 1.72. The number of rotatable bonds is 5. The Bertz CT molecular complexity index is 427. The number of hydrogen-bond acceptors (Lipinski definition) is 5. The van der Waals surface area contributed by atoms with E-state index in [-0.39, 0.29) is 12.0 Å². The maximum atomic E-state index is 11.8. The third-order valence-corrected chi connectivity index (χ3v) is 3.47. The topological polar surface area (TPSA) is 51.7 Å². The lowest BCUT2D eigenvalue weighted by Crippen LogP contribution is -2.40. The van der Waals surface area contributed by atoms with Crippen LogP contribution in [0.1, 0.15) is 30.6 Å². The van der Waals surface area contributed by atoms with E-state index in [1.807, 2.05) is 32.2 Å². The summed E-state index contributed by atoms with van der Waals surface area (Å²) in [5, 5.41) is 0. The summed E-state index contributed by atoms with van der Waals surface area (Å²) in [6.45, 7) is 7.28. The summed E-state index contributed by atoms with van der Waals surface area (Å²) in [6, 6.07) is 4.04. The smallest absolute Gasteiger partial charge is 0.307 e. The van der Waals surface area contributed by atoms with Crippen LogP contribution < -0.4 is 0 Å². The van der Waals surface area contributed by atoms with Crippen LogP contribution in [0.3, 0.4) is 0 Å². The number of morpholine rings is 1. The molecule has 1 saturated heterocycles. The molecular weight excluding hydrogens is 256 g/mol. The third kappa shape index (κ3) is 4.02. The Kier molecular flexibility index (Phi) is 5.49. The molecular formula is C15H22N2O3. The van der Waals surface area contributed by atoms with Crippen molar-refractivity contribution in [2.24, 2.45) is 0 Å². The lowest BCUT2D eigenvalue weighted by molar-refractivity contribution is -0.145. The van der Waals surface area contributed by atoms with E-state index in [4.69, 9.17) is 9.47 Å². The van der Waals surface area contributed by atoms with Gasteiger partial charge in [0.15, 0.2) is 0 Å². The fourth-order valence-electron chi connectivity index (χ4n) is 2.40. The molecule has 1 atom stereocenters. The highest BCUT2D eigenvalue weighted by atomic mass is 16.5. The number of ether oxygens (including phenoxy) is 2. The van der Waals surface area contributed by atoms with Crippen LogP contribution in [0.2, 0.25) is 0 Å². The fraction of sp³-hybridized carbons (Fsp3) is 0.600. The van der Waals surface area contributed by atoms with E-state index in [0.29, 0.717) is 26.2 Å². The highest BCUT2D eigenvalue weighted by Gasteiger charge is 2.25. The highest BCUT2D eigenvalue weighted by molar-refractivity contribution is 5.70. The zero-order valence-corrected chi connectivity index (χ0v) is 12.2. The molecule has 1 fully saturated rings. The largest absolute Gasteiger partial charge is 0.466 e. The summed E-state index contributed by atoms with van der Waals surface area (Å²) in [5.41, 5.74) is 2.04. The second-order valence-corrected chi connectivity index (χ2v) is 4.91. The molecule has 20 heavy (non-hydrogen) atoms. The molecule has 0 bridgehead atoms. The summed E-state index contributed by atoms with van der Waals surface area (Å²) in [4.78, 5) is 18.4. The van der Waals surface area contributed by atoms with E-state index >= 15 is 0 Å². The van der Waals surface area contributed by atoms with Crippen molar-refractivity contribution < 1.29 is 14.3 Å². The molecule has 1 unspecified atom stereocenters. The number of carbonyl (C=O) groups is 1. The van der Waals surface area contributed by atoms with E-state index in [1.54, 1.807) is 0 Å². The Morgan fingerprint density at radius 2 is 2.20 bits per heavy atom. The molecule has 1 aliphatic heterocycles. The van der Waals surface area contributed by atoms with Crippen molar-refractivity contribution in [3.63, 3.8) is 0 Å². The molecule has 0 radical (unpaired) electrons. The van der Waals surface area contributed by atoms with Crippen LogP contribution >= 0.6 is 0 Å². The van der Waals surface area contributed by atoms with Gasteiger partial charge in [-0.2, -0.15) is 0 Å². The lowest BCUT2D eigenvalue weighted by atomic mass is 10.0. The number of aromatic nitrogens is 1. The standard InChI is InChI=1S/C15H22N2O3/c1-3-20-15(18)10-14(17-6-8-19-9-7-17)13-5-4-12(2)16-11-13/h4-5,11,14H,3,6-10H2,1-2H3. The first kappa shape index (κ1) is 14.9. The van der Waals surface area contributed by atoms with Gasteiger partial charge in [-0.25, -0.2) is 0 Å². The molecule has 2 heterocycles. The van der Waals surface area contributed by atoms with E-state index in [1.165, 1.54) is 0 Å². The van der Waals surface area contributed by atoms with Crippen LogP contribution in [0.4, 0.5) is 0 Å². The van der Waals surface area contributed by atoms with Crippen molar-refractivity contribution in [3.8, 4) is 0 Å². The molecule has 0 aromatic carbocycles. The Morgan fingerprint density at radius 3 is 2.80 bits per heavy atom. The fourth-order valence-corrected chi connectivity index (χ4v) is 2.40. The average molecular weight is 278 g/mol. The van der Waals surface area contributed by atoms with E-state index in [0.717, 1.165) is 24.3 Å². The van der Waals surface area contributed by atoms with Crippen LogP contribution in [0.5, 0.6) is 0 Å². The quantitative estimate of drug-likeness (QED) is 0.768. The monoisotopic (exact) mass is 278 g/mol. The first-order valence-electron chi connectivity index (χ1n) is 7.10. The van der Waals surface area contributed by atoms with Gasteiger partial charge in [-0.1, -0.05) is 6.07 Å². The summed E-state index contributed by atoms with van der Waals surface area (Å²) in [7, 11) is 0. The van der Waals surface area contributed by atoms with Crippen molar-refractivity contribution in [2.45, 2.75) is 26.3 Å². The van der Waals surface area contributed by atoms with Crippen LogP contribution in [-0.2, 0) is 14.3 Å². The van der Waals surface area contributed by atoms with Gasteiger partial charge in [-0.05, 0) is 25.5 Å². The van der Waals surface area contributed by atoms with Crippen LogP contribution in [0.15, 0.2) is 18.3 Å². The molecule has 1 aliphatic rings. The second kappa shape index (κ2) is 7.36. The normalized spacial score (nSPS) is 17.7. The molecule has 5 nitrogen and oxygen atoms in total. The van der Waals surface area contributed by atoms with Crippen molar-refractivity contribution in [1.29, 1.82) is 0 Å². The number of hydrogen-bond donors (Lipinski definition) is 0. The van der Waals surface area contributed by atoms with Gasteiger partial charge in [0.2, 0.25) is 0 Å². The maximum absolute atomic E-state index is 11.8. The minimum atomic E-state index is -0.162. The molecule has 0 spiro atoms. The van der Waals surface area contributed by atoms with Crippen molar-refractivity contribution in [1.82, 2.24) is 9.88 Å². The minimum Gasteiger partial charge on any atom is -0.466 e. The molecule has 1 aromatic heterocycles. The van der Waals surface area contributed by atoms with Crippen molar-refractivity contribution >= 4 is 5.97 Å². The third-order valence-electron chi connectivity index (χ3n) is 3.47. The number of nitrogens with zero attached hydrogens (tertiary/aromatic N) is 2. The summed E-state index contributed by atoms with van der Waals surface area (Å²) < 4.78 is 10.5. The molecule has 2 rings (SSSR count). The molecule has 0 N–H and O–H groups in total. The number of carbonyl (C=O) groups excluding carboxylic acids is 1. The van der Waals surface area contributed by atoms with Gasteiger partial charge in [-0.15, -0.1) is 0 Å². The zero-order valence-electron chi connectivity index (χ0n) is 12.2. The molecule has 1 aromatic rings. The van der Waals surface area contributed by atoms with Crippen molar-refractivity contribution in [3.05, 3.63) is 29.6 Å².